The molecule has 4 nitrogen and oxygen atoms in total. The molecule has 1 aromatic rings. The fourth-order valence-electron chi connectivity index (χ4n) is 3.90. The molecule has 0 radical (unpaired) electrons. The number of fused-ring (bicyclic) bond motifs is 1. The number of carbonyl (C=O) groups is 1. The second kappa shape index (κ2) is 5.23. The lowest BCUT2D eigenvalue weighted by molar-refractivity contribution is -0.142. The van der Waals surface area contributed by atoms with Crippen LogP contribution in [-0.4, -0.2) is 32.9 Å². The molecule has 1 aromatic heterocycles. The molecule has 3 rings (SSSR count). The summed E-state index contributed by atoms with van der Waals surface area (Å²) in [5.41, 5.74) is 2.36. The molecule has 0 saturated carbocycles. The Morgan fingerprint density at radius 1 is 1.25 bits per heavy atom. The van der Waals surface area contributed by atoms with Crippen LogP contribution in [0.4, 0.5) is 0 Å². The zero-order chi connectivity index (χ0) is 14.3. The van der Waals surface area contributed by atoms with E-state index < -0.39 is 0 Å². The number of H-pyrrole nitrogens is 1. The number of carbonyl (C=O) groups excluding carboxylic acids is 1. The number of aryl methyl sites for hydroxylation is 2. The number of amides is 1. The van der Waals surface area contributed by atoms with Crippen LogP contribution in [-0.2, 0) is 17.6 Å². The number of aromatic amines is 1. The van der Waals surface area contributed by atoms with E-state index in [4.69, 9.17) is 0 Å². The predicted molar refractivity (Wildman–Crippen MR) is 78.5 cm³/mol. The molecular weight excluding hydrogens is 250 g/mol. The summed E-state index contributed by atoms with van der Waals surface area (Å²) in [5.74, 6) is 1.48. The molecule has 1 aliphatic carbocycles. The summed E-state index contributed by atoms with van der Waals surface area (Å²) in [4.78, 5) is 22.9. The molecule has 2 aliphatic rings. The lowest BCUT2D eigenvalue weighted by atomic mass is 9.86. The zero-order valence-corrected chi connectivity index (χ0v) is 12.8. The number of imidazole rings is 1. The van der Waals surface area contributed by atoms with Gasteiger partial charge in [0.2, 0.25) is 5.91 Å². The predicted octanol–water partition coefficient (Wildman–Crippen LogP) is 2.61. The van der Waals surface area contributed by atoms with Crippen LogP contribution in [0.2, 0.25) is 0 Å². The van der Waals surface area contributed by atoms with Crippen LogP contribution in [0.25, 0.3) is 0 Å². The van der Waals surface area contributed by atoms with Crippen molar-refractivity contribution >= 4 is 5.91 Å². The van der Waals surface area contributed by atoms with Crippen LogP contribution in [0.5, 0.6) is 0 Å². The minimum atomic E-state index is 0.144. The smallest absolute Gasteiger partial charge is 0.226 e. The molecule has 110 valence electrons. The van der Waals surface area contributed by atoms with E-state index in [1.807, 2.05) is 6.92 Å². The van der Waals surface area contributed by atoms with E-state index in [1.54, 1.807) is 0 Å². The van der Waals surface area contributed by atoms with Crippen LogP contribution < -0.4 is 0 Å². The largest absolute Gasteiger partial charge is 0.346 e. The van der Waals surface area contributed by atoms with Gasteiger partial charge in [0.1, 0.15) is 5.82 Å². The molecule has 4 heteroatoms. The minimum Gasteiger partial charge on any atom is -0.346 e. The average molecular weight is 275 g/mol. The third-order valence-corrected chi connectivity index (χ3v) is 4.96. The summed E-state index contributed by atoms with van der Waals surface area (Å²) < 4.78 is 0. The van der Waals surface area contributed by atoms with E-state index in [0.29, 0.717) is 18.0 Å². The summed E-state index contributed by atoms with van der Waals surface area (Å²) in [5, 5.41) is 0. The van der Waals surface area contributed by atoms with E-state index in [-0.39, 0.29) is 5.92 Å². The Labute approximate surface area is 121 Å². The van der Waals surface area contributed by atoms with E-state index in [2.05, 4.69) is 28.7 Å². The molecule has 20 heavy (non-hydrogen) atoms. The fraction of sp³-hybridized carbons (Fsp3) is 0.750. The van der Waals surface area contributed by atoms with Crippen molar-refractivity contribution in [2.24, 2.45) is 5.92 Å². The molecule has 3 atom stereocenters. The highest BCUT2D eigenvalue weighted by atomic mass is 16.2. The number of aromatic nitrogens is 2. The maximum absolute atomic E-state index is 12.9. The molecule has 1 N–H and O–H groups in total. The molecule has 0 aromatic carbocycles. The number of piperidine rings is 1. The van der Waals surface area contributed by atoms with Gasteiger partial charge in [0.25, 0.3) is 0 Å². The van der Waals surface area contributed by atoms with Gasteiger partial charge in [-0.25, -0.2) is 4.98 Å². The highest BCUT2D eigenvalue weighted by Crippen LogP contribution is 2.30. The van der Waals surface area contributed by atoms with Gasteiger partial charge in [0.15, 0.2) is 0 Å². The summed E-state index contributed by atoms with van der Waals surface area (Å²) in [6, 6.07) is 0.798. The van der Waals surface area contributed by atoms with Crippen molar-refractivity contribution in [3.05, 3.63) is 17.2 Å². The Bertz CT molecular complexity index is 498. The van der Waals surface area contributed by atoms with Gasteiger partial charge in [-0.15, -0.1) is 0 Å². The van der Waals surface area contributed by atoms with Gasteiger partial charge in [-0.2, -0.15) is 0 Å². The van der Waals surface area contributed by atoms with Crippen molar-refractivity contribution in [2.75, 3.05) is 0 Å². The van der Waals surface area contributed by atoms with Crippen LogP contribution >= 0.6 is 0 Å². The molecule has 3 unspecified atom stereocenters. The van der Waals surface area contributed by atoms with Crippen LogP contribution in [0, 0.1) is 12.8 Å². The van der Waals surface area contributed by atoms with E-state index in [1.165, 1.54) is 17.8 Å². The van der Waals surface area contributed by atoms with Gasteiger partial charge in [0.05, 0.1) is 5.69 Å². The van der Waals surface area contributed by atoms with Gasteiger partial charge in [-0.1, -0.05) is 0 Å². The minimum absolute atomic E-state index is 0.144. The summed E-state index contributed by atoms with van der Waals surface area (Å²) in [7, 11) is 0. The molecule has 1 amide bonds. The monoisotopic (exact) mass is 275 g/mol. The van der Waals surface area contributed by atoms with E-state index >= 15 is 0 Å². The van der Waals surface area contributed by atoms with Crippen molar-refractivity contribution in [3.63, 3.8) is 0 Å². The number of nitrogens with zero attached hydrogens (tertiary/aromatic N) is 2. The lowest BCUT2D eigenvalue weighted by Crippen LogP contribution is -2.50. The Hall–Kier alpha value is -1.32. The first-order chi connectivity index (χ1) is 9.56. The maximum atomic E-state index is 12.9. The molecule has 1 aliphatic heterocycles. The van der Waals surface area contributed by atoms with Gasteiger partial charge < -0.3 is 9.88 Å². The standard InChI is InChI=1S/C16H25N3O/c1-10-5-4-6-11(2)19(10)16(20)13-7-8-14-15(9-13)18-12(3)17-14/h10-11,13H,4-9H2,1-3H3,(H,17,18). The van der Waals surface area contributed by atoms with Gasteiger partial charge >= 0.3 is 0 Å². The number of likely N-dealkylation sites (tertiary alicyclic amines) is 1. The normalized spacial score (nSPS) is 30.1. The Morgan fingerprint density at radius 3 is 2.65 bits per heavy atom. The molecular formula is C16H25N3O. The molecule has 0 bridgehead atoms. The second-order valence-electron chi connectivity index (χ2n) is 6.56. The molecule has 0 spiro atoms. The topological polar surface area (TPSA) is 49.0 Å². The van der Waals surface area contributed by atoms with Gasteiger partial charge in [-0.05, 0) is 52.9 Å². The number of nitrogens with one attached hydrogen (secondary N) is 1. The number of rotatable bonds is 1. The number of hydrogen-bond donors (Lipinski definition) is 1. The lowest BCUT2D eigenvalue weighted by Gasteiger charge is -2.41. The van der Waals surface area contributed by atoms with Gasteiger partial charge in [-0.3, -0.25) is 4.79 Å². The van der Waals surface area contributed by atoms with Crippen molar-refractivity contribution in [1.29, 1.82) is 0 Å². The van der Waals surface area contributed by atoms with Crippen LogP contribution in [0.1, 0.15) is 56.7 Å². The highest BCUT2D eigenvalue weighted by molar-refractivity contribution is 5.80. The van der Waals surface area contributed by atoms with E-state index in [9.17, 15) is 4.79 Å². The Kier molecular flexibility index (Phi) is 3.57. The quantitative estimate of drug-likeness (QED) is 0.856. The first-order valence-corrected chi connectivity index (χ1v) is 7.92. The molecule has 2 heterocycles. The first kappa shape index (κ1) is 13.7. The van der Waals surface area contributed by atoms with E-state index in [0.717, 1.165) is 37.9 Å². The van der Waals surface area contributed by atoms with Crippen molar-refractivity contribution in [1.82, 2.24) is 14.9 Å². The van der Waals surface area contributed by atoms with Crippen molar-refractivity contribution in [2.45, 2.75) is 71.4 Å². The summed E-state index contributed by atoms with van der Waals surface area (Å²) in [6.45, 7) is 6.38. The van der Waals surface area contributed by atoms with Crippen molar-refractivity contribution in [3.8, 4) is 0 Å². The van der Waals surface area contributed by atoms with Crippen molar-refractivity contribution < 1.29 is 4.79 Å². The third kappa shape index (κ3) is 2.36. The first-order valence-electron chi connectivity index (χ1n) is 7.92. The zero-order valence-electron chi connectivity index (χ0n) is 12.8. The Balaban J connectivity index is 1.75. The fourth-order valence-corrected chi connectivity index (χ4v) is 3.90. The SMILES string of the molecule is Cc1nc2c([nH]1)CC(C(=O)N1C(C)CCCC1C)CC2. The highest BCUT2D eigenvalue weighted by Gasteiger charge is 2.35. The third-order valence-electron chi connectivity index (χ3n) is 4.96. The van der Waals surface area contributed by atoms with Crippen LogP contribution in [0.3, 0.4) is 0 Å². The maximum Gasteiger partial charge on any atom is 0.226 e. The average Bonchev–Trinajstić information content (AvgIpc) is 2.77. The molecule has 1 saturated heterocycles. The summed E-state index contributed by atoms with van der Waals surface area (Å²) >= 11 is 0. The Morgan fingerprint density at radius 2 is 1.95 bits per heavy atom. The second-order valence-corrected chi connectivity index (χ2v) is 6.56. The molecule has 1 fully saturated rings. The van der Waals surface area contributed by atoms with Crippen LogP contribution in [0.15, 0.2) is 0 Å². The van der Waals surface area contributed by atoms with Gasteiger partial charge in [0, 0.05) is 30.1 Å². The summed E-state index contributed by atoms with van der Waals surface area (Å²) in [6.07, 6.45) is 6.28. The number of hydrogen-bond acceptors (Lipinski definition) is 2.